The lowest BCUT2D eigenvalue weighted by Gasteiger charge is -2.31. The molecule has 0 bridgehead atoms. The van der Waals surface area contributed by atoms with Gasteiger partial charge in [-0.25, -0.2) is 9.59 Å². The van der Waals surface area contributed by atoms with Crippen LogP contribution in [0.3, 0.4) is 0 Å². The number of ether oxygens (including phenoxy) is 3. The van der Waals surface area contributed by atoms with Crippen LogP contribution in [-0.2, 0) is 24.8 Å². The number of carboxylic acids is 2. The first kappa shape index (κ1) is 20.1. The zero-order valence-electron chi connectivity index (χ0n) is 14.3. The molecule has 0 radical (unpaired) electrons. The van der Waals surface area contributed by atoms with E-state index in [0.717, 1.165) is 15.2 Å². The Morgan fingerprint density at radius 3 is 2.22 bits per heavy atom. The molecule has 9 heteroatoms. The van der Waals surface area contributed by atoms with Crippen molar-refractivity contribution in [1.29, 1.82) is 0 Å². The molecule has 1 aliphatic heterocycles. The van der Waals surface area contributed by atoms with Crippen LogP contribution in [0.1, 0.15) is 12.5 Å². The Morgan fingerprint density at radius 1 is 1.15 bits per heavy atom. The lowest BCUT2D eigenvalue weighted by Crippen LogP contribution is -2.37. The van der Waals surface area contributed by atoms with Crippen LogP contribution in [0.25, 0.3) is 10.8 Å². The van der Waals surface area contributed by atoms with Crippen LogP contribution in [0.5, 0.6) is 5.75 Å². The number of benzene rings is 2. The first-order valence-corrected chi connectivity index (χ1v) is 9.64. The Bertz CT molecular complexity index is 890. The third-order valence-corrected chi connectivity index (χ3v) is 5.85. The second-order valence-electron chi connectivity index (χ2n) is 6.05. The van der Waals surface area contributed by atoms with Crippen LogP contribution in [0.15, 0.2) is 34.8 Å². The fourth-order valence-electron chi connectivity index (χ4n) is 3.09. The SMILES string of the molecule is COc1ccc2cc(C3(C(C)Br)O[C@@H](C(=O)O)[C@H](C(=O)O)O3)ccc2c1Br. The summed E-state index contributed by atoms with van der Waals surface area (Å²) in [5.41, 5.74) is 0.506. The number of methoxy groups -OCH3 is 1. The smallest absolute Gasteiger partial charge is 0.336 e. The average Bonchev–Trinajstić information content (AvgIpc) is 3.05. The van der Waals surface area contributed by atoms with Gasteiger partial charge >= 0.3 is 11.9 Å². The van der Waals surface area contributed by atoms with E-state index in [4.69, 9.17) is 14.2 Å². The number of fused-ring (bicyclic) bond motifs is 1. The van der Waals surface area contributed by atoms with Crippen molar-refractivity contribution in [1.82, 2.24) is 0 Å². The number of aliphatic carboxylic acids is 2. The maximum absolute atomic E-state index is 11.5. The average molecular weight is 504 g/mol. The Labute approximate surface area is 171 Å². The van der Waals surface area contributed by atoms with E-state index in [1.54, 1.807) is 32.2 Å². The van der Waals surface area contributed by atoms with Gasteiger partial charge in [0.05, 0.1) is 16.4 Å². The highest BCUT2D eigenvalue weighted by molar-refractivity contribution is 9.10. The van der Waals surface area contributed by atoms with Crippen LogP contribution in [-0.4, -0.2) is 46.3 Å². The van der Waals surface area contributed by atoms with Gasteiger partial charge in [-0.3, -0.25) is 0 Å². The van der Waals surface area contributed by atoms with Crippen molar-refractivity contribution in [2.24, 2.45) is 0 Å². The zero-order chi connectivity index (χ0) is 19.9. The summed E-state index contributed by atoms with van der Waals surface area (Å²) < 4.78 is 17.4. The number of rotatable bonds is 5. The fourth-order valence-corrected chi connectivity index (χ4v) is 4.22. The van der Waals surface area contributed by atoms with E-state index in [2.05, 4.69) is 31.9 Å². The molecular weight excluding hydrogens is 488 g/mol. The molecule has 1 aliphatic rings. The third-order valence-electron chi connectivity index (χ3n) is 4.43. The van der Waals surface area contributed by atoms with E-state index < -0.39 is 34.8 Å². The maximum atomic E-state index is 11.5. The van der Waals surface area contributed by atoms with Crippen molar-refractivity contribution in [2.45, 2.75) is 29.7 Å². The van der Waals surface area contributed by atoms with Crippen molar-refractivity contribution < 1.29 is 34.0 Å². The van der Waals surface area contributed by atoms with Gasteiger partial charge in [-0.1, -0.05) is 34.1 Å². The molecule has 0 saturated carbocycles. The van der Waals surface area contributed by atoms with Crippen molar-refractivity contribution >= 4 is 54.6 Å². The standard InChI is InChI=1S/C18H16Br2O7/c1-8(19)18(26-14(16(21)22)15(27-18)17(23)24)10-4-5-11-9(7-10)3-6-12(25-2)13(11)20/h3-8,14-15H,1-2H3,(H,21,22)(H,23,24)/t8?,14-,15-/m1/s1. The van der Waals surface area contributed by atoms with Gasteiger partial charge in [-0.15, -0.1) is 0 Å². The number of hydrogen-bond acceptors (Lipinski definition) is 5. The number of hydrogen-bond donors (Lipinski definition) is 2. The van der Waals surface area contributed by atoms with E-state index in [0.29, 0.717) is 11.3 Å². The second-order valence-corrected chi connectivity index (χ2v) is 8.22. The molecule has 0 aliphatic carbocycles. The van der Waals surface area contributed by atoms with Gasteiger partial charge in [-0.05, 0) is 45.8 Å². The minimum absolute atomic E-state index is 0.506. The molecule has 144 valence electrons. The highest BCUT2D eigenvalue weighted by Crippen LogP contribution is 2.45. The monoisotopic (exact) mass is 502 g/mol. The minimum atomic E-state index is -1.62. The Morgan fingerprint density at radius 2 is 1.74 bits per heavy atom. The maximum Gasteiger partial charge on any atom is 0.336 e. The molecule has 3 atom stereocenters. The highest BCUT2D eigenvalue weighted by atomic mass is 79.9. The molecule has 3 rings (SSSR count). The van der Waals surface area contributed by atoms with Crippen LogP contribution < -0.4 is 4.74 Å². The molecule has 1 fully saturated rings. The number of carbonyl (C=O) groups is 2. The van der Waals surface area contributed by atoms with Crippen LogP contribution >= 0.6 is 31.9 Å². The number of halogens is 2. The molecule has 2 aromatic rings. The summed E-state index contributed by atoms with van der Waals surface area (Å²) in [5, 5.41) is 20.4. The van der Waals surface area contributed by atoms with Gasteiger partial charge in [0, 0.05) is 5.56 Å². The molecule has 0 amide bonds. The molecule has 0 aromatic heterocycles. The highest BCUT2D eigenvalue weighted by Gasteiger charge is 2.57. The zero-order valence-corrected chi connectivity index (χ0v) is 17.5. The minimum Gasteiger partial charge on any atom is -0.496 e. The van der Waals surface area contributed by atoms with Gasteiger partial charge in [0.15, 0.2) is 12.2 Å². The molecule has 2 N–H and O–H groups in total. The summed E-state index contributed by atoms with van der Waals surface area (Å²) in [6.07, 6.45) is -3.25. The van der Waals surface area contributed by atoms with Gasteiger partial charge in [0.2, 0.25) is 5.79 Å². The Hall–Kier alpha value is -1.68. The summed E-state index contributed by atoms with van der Waals surface area (Å²) in [6.45, 7) is 1.71. The predicted octanol–water partition coefficient (Wildman–Crippen LogP) is 3.50. The van der Waals surface area contributed by atoms with Crippen LogP contribution in [0.4, 0.5) is 0 Å². The molecule has 0 spiro atoms. The van der Waals surface area contributed by atoms with Gasteiger partial charge in [0.1, 0.15) is 5.75 Å². The van der Waals surface area contributed by atoms with E-state index in [-0.39, 0.29) is 0 Å². The van der Waals surface area contributed by atoms with E-state index in [1.165, 1.54) is 0 Å². The van der Waals surface area contributed by atoms with Gasteiger partial charge in [-0.2, -0.15) is 0 Å². The van der Waals surface area contributed by atoms with Crippen molar-refractivity contribution in [3.05, 3.63) is 40.4 Å². The lowest BCUT2D eigenvalue weighted by atomic mass is 9.99. The lowest BCUT2D eigenvalue weighted by molar-refractivity contribution is -0.191. The second kappa shape index (κ2) is 7.38. The Balaban J connectivity index is 2.13. The largest absolute Gasteiger partial charge is 0.496 e. The van der Waals surface area contributed by atoms with Crippen molar-refractivity contribution in [2.75, 3.05) is 7.11 Å². The summed E-state index contributed by atoms with van der Waals surface area (Å²) in [6, 6.07) is 8.93. The fraction of sp³-hybridized carbons (Fsp3) is 0.333. The van der Waals surface area contributed by atoms with Gasteiger partial charge in [0.25, 0.3) is 0 Å². The summed E-state index contributed by atoms with van der Waals surface area (Å²) in [4.78, 5) is 22.4. The van der Waals surface area contributed by atoms with E-state index in [9.17, 15) is 19.8 Å². The summed E-state index contributed by atoms with van der Waals surface area (Å²) >= 11 is 6.88. The normalized spacial score (nSPS) is 22.5. The number of alkyl halides is 1. The van der Waals surface area contributed by atoms with Crippen LogP contribution in [0, 0.1) is 0 Å². The van der Waals surface area contributed by atoms with Crippen molar-refractivity contribution in [3.63, 3.8) is 0 Å². The van der Waals surface area contributed by atoms with Crippen LogP contribution in [0.2, 0.25) is 0 Å². The molecule has 1 unspecified atom stereocenters. The molecular formula is C18H16Br2O7. The molecule has 1 saturated heterocycles. The molecule has 27 heavy (non-hydrogen) atoms. The van der Waals surface area contributed by atoms with Gasteiger partial charge < -0.3 is 24.4 Å². The third kappa shape index (κ3) is 3.33. The quantitative estimate of drug-likeness (QED) is 0.602. The first-order chi connectivity index (χ1) is 12.7. The van der Waals surface area contributed by atoms with E-state index >= 15 is 0 Å². The summed E-state index contributed by atoms with van der Waals surface area (Å²) in [5.74, 6) is -3.69. The summed E-state index contributed by atoms with van der Waals surface area (Å²) in [7, 11) is 1.57. The molecule has 1 heterocycles. The Kier molecular flexibility index (Phi) is 5.49. The van der Waals surface area contributed by atoms with Crippen molar-refractivity contribution in [3.8, 4) is 5.75 Å². The molecule has 7 nitrogen and oxygen atoms in total. The first-order valence-electron chi connectivity index (χ1n) is 7.93. The van der Waals surface area contributed by atoms with E-state index in [1.807, 2.05) is 12.1 Å². The predicted molar refractivity (Wildman–Crippen MR) is 103 cm³/mol. The number of carboxylic acid groups (broad SMARTS) is 2. The topological polar surface area (TPSA) is 102 Å². The molecule has 2 aromatic carbocycles.